The van der Waals surface area contributed by atoms with Gasteiger partial charge < -0.3 is 20.1 Å². The Labute approximate surface area is 176 Å². The average Bonchev–Trinajstić information content (AvgIpc) is 3.57. The minimum absolute atomic E-state index is 0.0270. The Bertz CT molecular complexity index is 946. The Morgan fingerprint density at radius 1 is 1.23 bits per heavy atom. The number of rotatable bonds is 8. The topological polar surface area (TPSA) is 102 Å². The van der Waals surface area contributed by atoms with Gasteiger partial charge in [-0.2, -0.15) is 18.2 Å². The van der Waals surface area contributed by atoms with Crippen molar-refractivity contribution >= 4 is 17.6 Å². The summed E-state index contributed by atoms with van der Waals surface area (Å²) in [6.45, 7) is 0.258. The van der Waals surface area contributed by atoms with Crippen LogP contribution in [0, 0.1) is 5.92 Å². The number of ether oxygens (including phenoxy) is 2. The lowest BCUT2D eigenvalue weighted by Gasteiger charge is -2.16. The van der Waals surface area contributed by atoms with Crippen LogP contribution in [0.1, 0.15) is 41.7 Å². The lowest BCUT2D eigenvalue weighted by molar-refractivity contribution is -0.154. The highest BCUT2D eigenvalue weighted by Gasteiger charge is 2.30. The summed E-state index contributed by atoms with van der Waals surface area (Å²) in [6, 6.07) is 5.18. The summed E-state index contributed by atoms with van der Waals surface area (Å²) >= 11 is 0. The molecule has 1 atom stereocenters. The van der Waals surface area contributed by atoms with Gasteiger partial charge >= 0.3 is 6.18 Å². The molecule has 0 aromatic carbocycles. The van der Waals surface area contributed by atoms with Crippen molar-refractivity contribution in [2.24, 2.45) is 5.92 Å². The molecule has 0 saturated heterocycles. The fraction of sp³-hybridized carbons (Fsp3) is 0.400. The summed E-state index contributed by atoms with van der Waals surface area (Å²) in [5.41, 5.74) is 0.791. The van der Waals surface area contributed by atoms with Crippen molar-refractivity contribution < 1.29 is 32.2 Å². The van der Waals surface area contributed by atoms with Crippen LogP contribution in [0.5, 0.6) is 11.8 Å². The second-order valence-electron chi connectivity index (χ2n) is 7.08. The van der Waals surface area contributed by atoms with Crippen LogP contribution in [0.25, 0.3) is 0 Å². The largest absolute Gasteiger partial charge is 0.481 e. The van der Waals surface area contributed by atoms with Gasteiger partial charge in [-0.15, -0.1) is 0 Å². The number of anilines is 1. The van der Waals surface area contributed by atoms with Gasteiger partial charge in [-0.1, -0.05) is 6.07 Å². The molecule has 166 valence electrons. The van der Waals surface area contributed by atoms with E-state index in [0.29, 0.717) is 5.56 Å². The molecule has 1 aliphatic rings. The minimum atomic E-state index is -4.45. The van der Waals surface area contributed by atoms with Gasteiger partial charge in [0.05, 0.1) is 13.2 Å². The Balaban J connectivity index is 1.65. The van der Waals surface area contributed by atoms with Crippen LogP contribution in [0.3, 0.4) is 0 Å². The number of aromatic nitrogens is 2. The quantitative estimate of drug-likeness (QED) is 0.656. The van der Waals surface area contributed by atoms with E-state index >= 15 is 0 Å². The first-order valence-electron chi connectivity index (χ1n) is 9.48. The van der Waals surface area contributed by atoms with Crippen LogP contribution >= 0.6 is 0 Å². The molecule has 1 unspecified atom stereocenters. The number of pyridine rings is 2. The van der Waals surface area contributed by atoms with Crippen molar-refractivity contribution in [1.29, 1.82) is 0 Å². The Morgan fingerprint density at radius 2 is 1.97 bits per heavy atom. The molecule has 1 fully saturated rings. The molecule has 1 saturated carbocycles. The molecule has 1 aliphatic carbocycles. The number of hydrogen-bond donors (Lipinski definition) is 2. The number of amides is 2. The number of nitrogens with zero attached hydrogens (tertiary/aromatic N) is 2. The van der Waals surface area contributed by atoms with E-state index in [1.807, 2.05) is 0 Å². The van der Waals surface area contributed by atoms with Crippen molar-refractivity contribution in [3.05, 3.63) is 41.6 Å². The second-order valence-corrected chi connectivity index (χ2v) is 7.08. The van der Waals surface area contributed by atoms with E-state index in [2.05, 4.69) is 25.3 Å². The molecule has 0 radical (unpaired) electrons. The lowest BCUT2D eigenvalue weighted by Crippen LogP contribution is -2.27. The number of methoxy groups -OCH3 is 1. The highest BCUT2D eigenvalue weighted by molar-refractivity contribution is 5.98. The molecule has 2 aromatic heterocycles. The van der Waals surface area contributed by atoms with Crippen LogP contribution < -0.4 is 20.1 Å². The molecular formula is C20H21F3N4O4. The molecule has 0 bridgehead atoms. The summed E-state index contributed by atoms with van der Waals surface area (Å²) in [7, 11) is 1.40. The molecule has 31 heavy (non-hydrogen) atoms. The minimum Gasteiger partial charge on any atom is -0.481 e. The van der Waals surface area contributed by atoms with Gasteiger partial charge in [-0.05, 0) is 31.4 Å². The van der Waals surface area contributed by atoms with Gasteiger partial charge in [0.1, 0.15) is 5.82 Å². The molecule has 0 aliphatic heterocycles. The highest BCUT2D eigenvalue weighted by atomic mass is 19.4. The van der Waals surface area contributed by atoms with E-state index in [1.54, 1.807) is 6.92 Å². The third-order valence-electron chi connectivity index (χ3n) is 4.46. The van der Waals surface area contributed by atoms with Crippen molar-refractivity contribution in [3.63, 3.8) is 0 Å². The average molecular weight is 438 g/mol. The zero-order valence-electron chi connectivity index (χ0n) is 16.8. The number of hydrogen-bond acceptors (Lipinski definition) is 6. The molecule has 8 nitrogen and oxygen atoms in total. The first kappa shape index (κ1) is 22.3. The smallest absolute Gasteiger partial charge is 0.422 e. The van der Waals surface area contributed by atoms with Gasteiger partial charge in [-0.25, -0.2) is 4.98 Å². The Kier molecular flexibility index (Phi) is 6.62. The van der Waals surface area contributed by atoms with E-state index in [0.717, 1.165) is 12.8 Å². The monoisotopic (exact) mass is 438 g/mol. The standard InChI is InChI=1S/C20H21F3N4O4/c1-11(13-5-6-16(24-9-13)31-10-20(21,22)23)25-19(29)14-7-15(26-17(8-14)30-2)27-18(28)12-3-4-12/h5-9,11-12H,3-4,10H2,1-2H3,(H,25,29)(H,26,27,28). The first-order chi connectivity index (χ1) is 14.6. The SMILES string of the molecule is COc1cc(C(=O)NC(C)c2ccc(OCC(F)(F)F)nc2)cc(NC(=O)C2CC2)n1. The van der Waals surface area contributed by atoms with Gasteiger partial charge in [0.2, 0.25) is 17.7 Å². The summed E-state index contributed by atoms with van der Waals surface area (Å²) < 4.78 is 46.3. The van der Waals surface area contributed by atoms with Gasteiger partial charge in [0.25, 0.3) is 5.91 Å². The van der Waals surface area contributed by atoms with Gasteiger partial charge in [0.15, 0.2) is 6.61 Å². The van der Waals surface area contributed by atoms with Crippen LogP contribution in [0.15, 0.2) is 30.5 Å². The van der Waals surface area contributed by atoms with Crippen LogP contribution in [-0.4, -0.2) is 41.7 Å². The van der Waals surface area contributed by atoms with Crippen molar-refractivity contribution in [1.82, 2.24) is 15.3 Å². The van der Waals surface area contributed by atoms with E-state index in [4.69, 9.17) is 4.74 Å². The second kappa shape index (κ2) is 9.19. The molecule has 3 rings (SSSR count). The number of nitrogens with one attached hydrogen (secondary N) is 2. The zero-order valence-corrected chi connectivity index (χ0v) is 16.8. The third kappa shape index (κ3) is 6.56. The van der Waals surface area contributed by atoms with E-state index in [9.17, 15) is 22.8 Å². The Hall–Kier alpha value is -3.37. The highest BCUT2D eigenvalue weighted by Crippen LogP contribution is 2.30. The summed E-state index contributed by atoms with van der Waals surface area (Å²) in [4.78, 5) is 32.6. The maximum absolute atomic E-state index is 12.7. The molecule has 2 aromatic rings. The van der Waals surface area contributed by atoms with Gasteiger partial charge in [0, 0.05) is 29.8 Å². The van der Waals surface area contributed by atoms with Crippen LogP contribution in [-0.2, 0) is 4.79 Å². The van der Waals surface area contributed by atoms with E-state index in [1.165, 1.54) is 37.6 Å². The van der Waals surface area contributed by atoms with Gasteiger partial charge in [-0.3, -0.25) is 9.59 Å². The lowest BCUT2D eigenvalue weighted by atomic mass is 10.1. The summed E-state index contributed by atoms with van der Waals surface area (Å²) in [5.74, 6) is -0.427. The number of alkyl halides is 3. The molecule has 2 heterocycles. The van der Waals surface area contributed by atoms with Crippen LogP contribution in [0.4, 0.5) is 19.0 Å². The fourth-order valence-corrected chi connectivity index (χ4v) is 2.63. The maximum atomic E-state index is 12.7. The molecular weight excluding hydrogens is 417 g/mol. The predicted octanol–water partition coefficient (Wildman–Crippen LogP) is 3.27. The first-order valence-corrected chi connectivity index (χ1v) is 9.48. The molecule has 2 amide bonds. The van der Waals surface area contributed by atoms with Crippen LogP contribution in [0.2, 0.25) is 0 Å². The van der Waals surface area contributed by atoms with Crippen molar-refractivity contribution in [2.45, 2.75) is 32.0 Å². The third-order valence-corrected chi connectivity index (χ3v) is 4.46. The summed E-state index contributed by atoms with van der Waals surface area (Å²) in [6.07, 6.45) is -1.47. The van der Waals surface area contributed by atoms with E-state index in [-0.39, 0.29) is 35.0 Å². The molecule has 0 spiro atoms. The fourth-order valence-electron chi connectivity index (χ4n) is 2.63. The Morgan fingerprint density at radius 3 is 2.55 bits per heavy atom. The van der Waals surface area contributed by atoms with E-state index < -0.39 is 24.7 Å². The predicted molar refractivity (Wildman–Crippen MR) is 104 cm³/mol. The molecule has 11 heteroatoms. The molecule has 2 N–H and O–H groups in total. The number of halogens is 3. The number of carbonyl (C=O) groups is 2. The van der Waals surface area contributed by atoms with Crippen molar-refractivity contribution in [2.75, 3.05) is 19.0 Å². The normalized spacial score (nSPS) is 14.5. The van der Waals surface area contributed by atoms with Crippen molar-refractivity contribution in [3.8, 4) is 11.8 Å². The zero-order chi connectivity index (χ0) is 22.6. The summed E-state index contributed by atoms with van der Waals surface area (Å²) in [5, 5.41) is 5.43. The number of carbonyl (C=O) groups excluding carboxylic acids is 2. The maximum Gasteiger partial charge on any atom is 0.422 e.